The lowest BCUT2D eigenvalue weighted by molar-refractivity contribution is -0.119. The molecule has 0 spiro atoms. The standard InChI is InChI=1S/C18H25N5O.HI/c1-2-21-18(22-12-15-7-5-14(11-19)6-8-15)23-9-3-4-16(13-23)10-17(20)24;/h5-8,16H,2-4,9-10,12-13H2,1H3,(H2,20,24)(H,21,22);1H. The van der Waals surface area contributed by atoms with Crippen molar-refractivity contribution in [1.29, 1.82) is 5.26 Å². The molecule has 0 aliphatic carbocycles. The Morgan fingerprint density at radius 2 is 2.16 bits per heavy atom. The summed E-state index contributed by atoms with van der Waals surface area (Å²) in [6.07, 6.45) is 2.51. The summed E-state index contributed by atoms with van der Waals surface area (Å²) in [6.45, 7) is 5.15. The summed E-state index contributed by atoms with van der Waals surface area (Å²) in [5.74, 6) is 0.937. The highest BCUT2D eigenvalue weighted by atomic mass is 127. The summed E-state index contributed by atoms with van der Waals surface area (Å²) in [5.41, 5.74) is 7.05. The molecule has 1 saturated heterocycles. The van der Waals surface area contributed by atoms with Crippen molar-refractivity contribution in [2.45, 2.75) is 32.7 Å². The number of guanidine groups is 1. The number of hydrogen-bond acceptors (Lipinski definition) is 3. The predicted molar refractivity (Wildman–Crippen MR) is 109 cm³/mol. The van der Waals surface area contributed by atoms with Crippen LogP contribution in [0, 0.1) is 17.2 Å². The molecule has 1 aliphatic heterocycles. The molecule has 6 nitrogen and oxygen atoms in total. The third-order valence-corrected chi connectivity index (χ3v) is 4.14. The number of likely N-dealkylation sites (tertiary alicyclic amines) is 1. The zero-order valence-corrected chi connectivity index (χ0v) is 16.9. The van der Waals surface area contributed by atoms with Gasteiger partial charge >= 0.3 is 0 Å². The molecule has 1 aromatic rings. The highest BCUT2D eigenvalue weighted by Crippen LogP contribution is 2.19. The summed E-state index contributed by atoms with van der Waals surface area (Å²) in [4.78, 5) is 18.1. The van der Waals surface area contributed by atoms with Gasteiger partial charge in [-0.3, -0.25) is 4.79 Å². The van der Waals surface area contributed by atoms with Crippen LogP contribution in [0.15, 0.2) is 29.3 Å². The predicted octanol–water partition coefficient (Wildman–Crippen LogP) is 2.23. The second-order valence-corrected chi connectivity index (χ2v) is 6.10. The number of nitrogens with zero attached hydrogens (tertiary/aromatic N) is 3. The number of aliphatic imine (C=N–C) groups is 1. The Balaban J connectivity index is 0.00000312. The van der Waals surface area contributed by atoms with Gasteiger partial charge in [-0.25, -0.2) is 4.99 Å². The van der Waals surface area contributed by atoms with E-state index in [-0.39, 0.29) is 29.9 Å². The molecule has 1 aromatic carbocycles. The molecule has 0 aromatic heterocycles. The number of halogens is 1. The van der Waals surface area contributed by atoms with E-state index in [1.807, 2.05) is 31.2 Å². The molecule has 0 radical (unpaired) electrons. The number of hydrogen-bond donors (Lipinski definition) is 2. The van der Waals surface area contributed by atoms with Crippen molar-refractivity contribution in [3.63, 3.8) is 0 Å². The number of piperidine rings is 1. The van der Waals surface area contributed by atoms with Crippen molar-refractivity contribution >= 4 is 35.8 Å². The average molecular weight is 455 g/mol. The van der Waals surface area contributed by atoms with Crippen LogP contribution in [-0.4, -0.2) is 36.4 Å². The second-order valence-electron chi connectivity index (χ2n) is 6.10. The normalized spacial score (nSPS) is 17.4. The lowest BCUT2D eigenvalue weighted by Crippen LogP contribution is -2.47. The zero-order chi connectivity index (χ0) is 17.4. The smallest absolute Gasteiger partial charge is 0.217 e. The van der Waals surface area contributed by atoms with Crippen LogP contribution in [0.5, 0.6) is 0 Å². The van der Waals surface area contributed by atoms with Gasteiger partial charge in [-0.05, 0) is 43.4 Å². The van der Waals surface area contributed by atoms with E-state index >= 15 is 0 Å². The molecule has 1 amide bonds. The Bertz CT molecular complexity index is 623. The van der Waals surface area contributed by atoms with Gasteiger partial charge < -0.3 is 16.0 Å². The topological polar surface area (TPSA) is 94.5 Å². The minimum atomic E-state index is -0.235. The van der Waals surface area contributed by atoms with Crippen LogP contribution in [-0.2, 0) is 11.3 Å². The van der Waals surface area contributed by atoms with Gasteiger partial charge in [-0.2, -0.15) is 5.26 Å². The molecule has 1 atom stereocenters. The first kappa shape index (κ1) is 21.2. The van der Waals surface area contributed by atoms with E-state index in [1.54, 1.807) is 0 Å². The van der Waals surface area contributed by atoms with Crippen LogP contribution in [0.2, 0.25) is 0 Å². The highest BCUT2D eigenvalue weighted by molar-refractivity contribution is 14.0. The van der Waals surface area contributed by atoms with E-state index in [0.717, 1.165) is 44.0 Å². The van der Waals surface area contributed by atoms with Crippen molar-refractivity contribution in [1.82, 2.24) is 10.2 Å². The van der Waals surface area contributed by atoms with Gasteiger partial charge in [-0.15, -0.1) is 24.0 Å². The molecule has 1 fully saturated rings. The fourth-order valence-corrected chi connectivity index (χ4v) is 2.99. The van der Waals surface area contributed by atoms with Gasteiger partial charge in [0.05, 0.1) is 18.2 Å². The molecule has 1 heterocycles. The number of nitrogens with one attached hydrogen (secondary N) is 1. The first-order valence-electron chi connectivity index (χ1n) is 8.43. The summed E-state index contributed by atoms with van der Waals surface area (Å²) < 4.78 is 0. The number of benzene rings is 1. The van der Waals surface area contributed by atoms with Crippen molar-refractivity contribution < 1.29 is 4.79 Å². The molecule has 136 valence electrons. The van der Waals surface area contributed by atoms with Crippen LogP contribution >= 0.6 is 24.0 Å². The van der Waals surface area contributed by atoms with Crippen molar-refractivity contribution in [3.05, 3.63) is 35.4 Å². The monoisotopic (exact) mass is 455 g/mol. The molecular formula is C18H26IN5O. The maximum atomic E-state index is 11.2. The lowest BCUT2D eigenvalue weighted by Gasteiger charge is -2.34. The van der Waals surface area contributed by atoms with Crippen LogP contribution < -0.4 is 11.1 Å². The van der Waals surface area contributed by atoms with Gasteiger partial charge in [0, 0.05) is 26.1 Å². The first-order valence-corrected chi connectivity index (χ1v) is 8.43. The van der Waals surface area contributed by atoms with Gasteiger partial charge in [0.1, 0.15) is 0 Å². The summed E-state index contributed by atoms with van der Waals surface area (Å²) in [6, 6.07) is 9.59. The van der Waals surface area contributed by atoms with Crippen LogP contribution in [0.25, 0.3) is 0 Å². The average Bonchev–Trinajstić information content (AvgIpc) is 2.58. The number of nitrogens with two attached hydrogens (primary N) is 1. The van der Waals surface area contributed by atoms with Gasteiger partial charge in [0.2, 0.25) is 5.91 Å². The molecule has 7 heteroatoms. The highest BCUT2D eigenvalue weighted by Gasteiger charge is 2.23. The van der Waals surface area contributed by atoms with Crippen molar-refractivity contribution in [3.8, 4) is 6.07 Å². The minimum absolute atomic E-state index is 0. The van der Waals surface area contributed by atoms with Crippen LogP contribution in [0.3, 0.4) is 0 Å². The Morgan fingerprint density at radius 1 is 1.44 bits per heavy atom. The van der Waals surface area contributed by atoms with Crippen molar-refractivity contribution in [2.75, 3.05) is 19.6 Å². The van der Waals surface area contributed by atoms with Crippen LogP contribution in [0.1, 0.15) is 37.3 Å². The molecule has 2 rings (SSSR count). The van der Waals surface area contributed by atoms with Crippen molar-refractivity contribution in [2.24, 2.45) is 16.6 Å². The number of nitriles is 1. The molecule has 3 N–H and O–H groups in total. The number of rotatable bonds is 5. The third-order valence-electron chi connectivity index (χ3n) is 4.14. The van der Waals surface area contributed by atoms with E-state index < -0.39 is 0 Å². The van der Waals surface area contributed by atoms with Gasteiger partial charge in [0.15, 0.2) is 5.96 Å². The number of amides is 1. The number of carbonyl (C=O) groups is 1. The van der Waals surface area contributed by atoms with E-state index in [2.05, 4.69) is 16.3 Å². The molecule has 1 aliphatic rings. The molecule has 0 bridgehead atoms. The molecular weight excluding hydrogens is 429 g/mol. The van der Waals surface area contributed by atoms with Crippen LogP contribution in [0.4, 0.5) is 0 Å². The first-order chi connectivity index (χ1) is 11.6. The van der Waals surface area contributed by atoms with E-state index in [0.29, 0.717) is 24.4 Å². The number of primary amides is 1. The number of carbonyl (C=O) groups excluding carboxylic acids is 1. The maximum Gasteiger partial charge on any atom is 0.217 e. The fraction of sp³-hybridized carbons (Fsp3) is 0.500. The molecule has 1 unspecified atom stereocenters. The quantitative estimate of drug-likeness (QED) is 0.405. The fourth-order valence-electron chi connectivity index (χ4n) is 2.99. The molecule has 0 saturated carbocycles. The third kappa shape index (κ3) is 6.90. The van der Waals surface area contributed by atoms with Gasteiger partial charge in [0.25, 0.3) is 0 Å². The largest absolute Gasteiger partial charge is 0.370 e. The maximum absolute atomic E-state index is 11.2. The Kier molecular flexibility index (Phi) is 9.27. The Labute approximate surface area is 166 Å². The van der Waals surface area contributed by atoms with E-state index in [1.165, 1.54) is 0 Å². The second kappa shape index (κ2) is 10.9. The van der Waals surface area contributed by atoms with Gasteiger partial charge in [-0.1, -0.05) is 12.1 Å². The Hall–Kier alpha value is -1.82. The Morgan fingerprint density at radius 3 is 2.76 bits per heavy atom. The zero-order valence-electron chi connectivity index (χ0n) is 14.6. The summed E-state index contributed by atoms with van der Waals surface area (Å²) >= 11 is 0. The molecule has 25 heavy (non-hydrogen) atoms. The summed E-state index contributed by atoms with van der Waals surface area (Å²) in [7, 11) is 0. The van der Waals surface area contributed by atoms with E-state index in [9.17, 15) is 4.79 Å². The minimum Gasteiger partial charge on any atom is -0.370 e. The van der Waals surface area contributed by atoms with E-state index in [4.69, 9.17) is 16.0 Å². The lowest BCUT2D eigenvalue weighted by atomic mass is 9.95. The summed E-state index contributed by atoms with van der Waals surface area (Å²) in [5, 5.41) is 12.2. The SMILES string of the molecule is CCNC(=NCc1ccc(C#N)cc1)N1CCCC(CC(N)=O)C1.I.